The predicted molar refractivity (Wildman–Crippen MR) is 107 cm³/mol. The van der Waals surface area contributed by atoms with E-state index in [1.54, 1.807) is 0 Å². The molecule has 2 aliphatic rings. The molecule has 1 aromatic carbocycles. The van der Waals surface area contributed by atoms with Crippen LogP contribution in [0.4, 0.5) is 0 Å². The minimum Gasteiger partial charge on any atom is -0.356 e. The second-order valence-electron chi connectivity index (χ2n) is 8.00. The Morgan fingerprint density at radius 3 is 2.39 bits per heavy atom. The molecule has 1 aliphatic carbocycles. The highest BCUT2D eigenvalue weighted by molar-refractivity contribution is 6.05. The first-order valence-electron chi connectivity index (χ1n) is 10.4. The number of imide groups is 1. The zero-order valence-electron chi connectivity index (χ0n) is 16.7. The molecule has 6 heteroatoms. The molecule has 6 nitrogen and oxygen atoms in total. The molecule has 0 bridgehead atoms. The number of benzene rings is 1. The third-order valence-corrected chi connectivity index (χ3v) is 5.83. The summed E-state index contributed by atoms with van der Waals surface area (Å²) in [5.41, 5.74) is 1.27. The van der Waals surface area contributed by atoms with Crippen LogP contribution in [-0.4, -0.2) is 54.2 Å². The lowest BCUT2D eigenvalue weighted by Gasteiger charge is -2.19. The van der Waals surface area contributed by atoms with E-state index in [2.05, 4.69) is 29.4 Å². The average Bonchev–Trinajstić information content (AvgIpc) is 2.95. The number of rotatable bonds is 9. The third kappa shape index (κ3) is 5.19. The Kier molecular flexibility index (Phi) is 7.20. The van der Waals surface area contributed by atoms with Crippen molar-refractivity contribution in [2.75, 3.05) is 26.7 Å². The third-order valence-electron chi connectivity index (χ3n) is 5.83. The van der Waals surface area contributed by atoms with E-state index in [1.165, 1.54) is 10.5 Å². The predicted octanol–water partition coefficient (Wildman–Crippen LogP) is 2.19. The van der Waals surface area contributed by atoms with Crippen molar-refractivity contribution >= 4 is 17.7 Å². The topological polar surface area (TPSA) is 69.7 Å². The summed E-state index contributed by atoms with van der Waals surface area (Å²) in [5, 5.41) is 2.90. The average molecular weight is 386 g/mol. The van der Waals surface area contributed by atoms with Gasteiger partial charge in [-0.2, -0.15) is 0 Å². The second-order valence-corrected chi connectivity index (χ2v) is 8.00. The maximum absolute atomic E-state index is 12.4. The fraction of sp³-hybridized carbons (Fsp3) is 0.591. The van der Waals surface area contributed by atoms with Gasteiger partial charge in [0.05, 0.1) is 11.8 Å². The van der Waals surface area contributed by atoms with Gasteiger partial charge in [0, 0.05) is 26.1 Å². The van der Waals surface area contributed by atoms with Gasteiger partial charge in [0.15, 0.2) is 0 Å². The van der Waals surface area contributed by atoms with Crippen molar-refractivity contribution in [2.45, 2.75) is 45.1 Å². The van der Waals surface area contributed by atoms with Gasteiger partial charge in [0.2, 0.25) is 17.7 Å². The van der Waals surface area contributed by atoms with Gasteiger partial charge in [-0.05, 0) is 38.4 Å². The molecule has 3 rings (SSSR count). The lowest BCUT2D eigenvalue weighted by atomic mass is 9.81. The van der Waals surface area contributed by atoms with Gasteiger partial charge >= 0.3 is 0 Å². The van der Waals surface area contributed by atoms with E-state index in [9.17, 15) is 14.4 Å². The van der Waals surface area contributed by atoms with Gasteiger partial charge < -0.3 is 10.2 Å². The van der Waals surface area contributed by atoms with Crippen molar-refractivity contribution in [2.24, 2.45) is 11.8 Å². The summed E-state index contributed by atoms with van der Waals surface area (Å²) in [7, 11) is 2.07. The van der Waals surface area contributed by atoms with Crippen LogP contribution < -0.4 is 5.32 Å². The molecule has 1 saturated heterocycles. The molecular formula is C22H31N3O3. The van der Waals surface area contributed by atoms with E-state index < -0.39 is 0 Å². The zero-order chi connectivity index (χ0) is 19.9. The van der Waals surface area contributed by atoms with Crippen LogP contribution in [0.3, 0.4) is 0 Å². The Balaban J connectivity index is 1.31. The lowest BCUT2D eigenvalue weighted by molar-refractivity contribution is -0.140. The molecule has 0 spiro atoms. The first-order chi connectivity index (χ1) is 13.6. The maximum atomic E-state index is 12.4. The molecule has 0 aromatic heterocycles. The maximum Gasteiger partial charge on any atom is 0.233 e. The van der Waals surface area contributed by atoms with Gasteiger partial charge in [-0.1, -0.05) is 43.2 Å². The Bertz CT molecular complexity index is 668. The van der Waals surface area contributed by atoms with E-state index in [4.69, 9.17) is 0 Å². The molecule has 1 heterocycles. The van der Waals surface area contributed by atoms with Crippen LogP contribution in [0.15, 0.2) is 30.3 Å². The van der Waals surface area contributed by atoms with Gasteiger partial charge in [0.1, 0.15) is 0 Å². The number of nitrogens with zero attached hydrogens (tertiary/aromatic N) is 2. The molecule has 1 N–H and O–H groups in total. The largest absolute Gasteiger partial charge is 0.356 e. The number of fused-ring (bicyclic) bond motifs is 1. The molecule has 152 valence electrons. The van der Waals surface area contributed by atoms with Crippen LogP contribution in [0.5, 0.6) is 0 Å². The van der Waals surface area contributed by atoms with Crippen LogP contribution in [-0.2, 0) is 20.9 Å². The van der Waals surface area contributed by atoms with E-state index >= 15 is 0 Å². The van der Waals surface area contributed by atoms with Crippen molar-refractivity contribution in [3.05, 3.63) is 35.9 Å². The first kappa shape index (κ1) is 20.5. The Hall–Kier alpha value is -2.21. The molecule has 1 aromatic rings. The molecule has 28 heavy (non-hydrogen) atoms. The van der Waals surface area contributed by atoms with Gasteiger partial charge in [-0.3, -0.25) is 19.3 Å². The van der Waals surface area contributed by atoms with Crippen LogP contribution >= 0.6 is 0 Å². The number of likely N-dealkylation sites (tertiary alicyclic amines) is 1. The molecule has 1 aliphatic heterocycles. The number of hydrogen-bond acceptors (Lipinski definition) is 4. The van der Waals surface area contributed by atoms with E-state index in [1.807, 2.05) is 18.2 Å². The summed E-state index contributed by atoms with van der Waals surface area (Å²) in [6.45, 7) is 2.59. The summed E-state index contributed by atoms with van der Waals surface area (Å²) in [5.74, 6) is -0.495. The number of nitrogens with one attached hydrogen (secondary N) is 1. The molecule has 2 unspecified atom stereocenters. The minimum absolute atomic E-state index is 0.0648. The molecule has 0 radical (unpaired) electrons. The van der Waals surface area contributed by atoms with Gasteiger partial charge in [0.25, 0.3) is 0 Å². The minimum atomic E-state index is -0.135. The van der Waals surface area contributed by atoms with Crippen molar-refractivity contribution in [3.63, 3.8) is 0 Å². The van der Waals surface area contributed by atoms with E-state index in [0.29, 0.717) is 6.54 Å². The molecule has 3 amide bonds. The lowest BCUT2D eigenvalue weighted by Crippen LogP contribution is -2.36. The summed E-state index contributed by atoms with van der Waals surface area (Å²) in [6.07, 6.45) is 4.72. The highest BCUT2D eigenvalue weighted by Crippen LogP contribution is 2.37. The Morgan fingerprint density at radius 1 is 1.11 bits per heavy atom. The normalized spacial score (nSPS) is 21.9. The summed E-state index contributed by atoms with van der Waals surface area (Å²) in [4.78, 5) is 40.5. The van der Waals surface area contributed by atoms with Crippen molar-refractivity contribution in [1.29, 1.82) is 0 Å². The highest BCUT2D eigenvalue weighted by Gasteiger charge is 2.47. The monoisotopic (exact) mass is 385 g/mol. The second kappa shape index (κ2) is 9.82. The quantitative estimate of drug-likeness (QED) is 0.523. The number of amides is 3. The zero-order valence-corrected chi connectivity index (χ0v) is 16.7. The van der Waals surface area contributed by atoms with Crippen LogP contribution in [0.1, 0.15) is 44.1 Å². The fourth-order valence-electron chi connectivity index (χ4n) is 4.30. The number of carbonyl (C=O) groups excluding carboxylic acids is 3. The van der Waals surface area contributed by atoms with Gasteiger partial charge in [-0.15, -0.1) is 0 Å². The van der Waals surface area contributed by atoms with Crippen LogP contribution in [0.2, 0.25) is 0 Å². The Labute approximate surface area is 167 Å². The van der Waals surface area contributed by atoms with Crippen molar-refractivity contribution in [3.8, 4) is 0 Å². The smallest absolute Gasteiger partial charge is 0.233 e. The van der Waals surface area contributed by atoms with Gasteiger partial charge in [-0.25, -0.2) is 0 Å². The molecule has 1 saturated carbocycles. The van der Waals surface area contributed by atoms with Crippen molar-refractivity contribution in [1.82, 2.24) is 15.1 Å². The van der Waals surface area contributed by atoms with Crippen LogP contribution in [0.25, 0.3) is 0 Å². The van der Waals surface area contributed by atoms with E-state index in [0.717, 1.165) is 45.2 Å². The summed E-state index contributed by atoms with van der Waals surface area (Å²) < 4.78 is 0. The molecule has 2 atom stereocenters. The van der Waals surface area contributed by atoms with E-state index in [-0.39, 0.29) is 42.5 Å². The fourth-order valence-corrected chi connectivity index (χ4v) is 4.30. The molecule has 2 fully saturated rings. The van der Waals surface area contributed by atoms with Crippen LogP contribution in [0, 0.1) is 11.8 Å². The highest BCUT2D eigenvalue weighted by atomic mass is 16.2. The molecular weight excluding hydrogens is 354 g/mol. The summed E-state index contributed by atoms with van der Waals surface area (Å²) in [6, 6.07) is 10.3. The Morgan fingerprint density at radius 2 is 1.75 bits per heavy atom. The number of carbonyl (C=O) groups is 3. The SMILES string of the molecule is CN(CCCNC(=O)CCN1C(=O)C2CCCCC2C1=O)Cc1ccccc1. The first-order valence-corrected chi connectivity index (χ1v) is 10.4. The standard InChI is InChI=1S/C22H31N3O3/c1-24(16-17-8-3-2-4-9-17)14-7-13-23-20(26)12-15-25-21(27)18-10-5-6-11-19(18)22(25)28/h2-4,8-9,18-19H,5-7,10-16H2,1H3,(H,23,26). The number of hydrogen-bond donors (Lipinski definition) is 1. The summed E-state index contributed by atoms with van der Waals surface area (Å²) >= 11 is 0. The van der Waals surface area contributed by atoms with Crippen molar-refractivity contribution < 1.29 is 14.4 Å².